The highest BCUT2D eigenvalue weighted by Crippen LogP contribution is 2.37. The Morgan fingerprint density at radius 3 is 2.37 bits per heavy atom. The summed E-state index contributed by atoms with van der Waals surface area (Å²) in [7, 11) is 1.32. The molecule has 0 bridgehead atoms. The van der Waals surface area contributed by atoms with Crippen LogP contribution in [0.2, 0.25) is 15.1 Å². The number of barbiturate groups is 1. The van der Waals surface area contributed by atoms with Crippen molar-refractivity contribution in [2.24, 2.45) is 0 Å². The van der Waals surface area contributed by atoms with Crippen LogP contribution >= 0.6 is 34.8 Å². The number of nitrogens with zero attached hydrogens (tertiary/aromatic N) is 2. The van der Waals surface area contributed by atoms with E-state index in [1.165, 1.54) is 49.6 Å². The van der Waals surface area contributed by atoms with E-state index in [4.69, 9.17) is 44.3 Å². The van der Waals surface area contributed by atoms with Crippen LogP contribution in [0.15, 0.2) is 60.2 Å². The number of carbonyl (C=O) groups excluding carboxylic acids is 4. The van der Waals surface area contributed by atoms with Crippen LogP contribution in [0, 0.1) is 10.1 Å². The lowest BCUT2D eigenvalue weighted by Gasteiger charge is -2.26. The molecule has 41 heavy (non-hydrogen) atoms. The van der Waals surface area contributed by atoms with Gasteiger partial charge >= 0.3 is 6.03 Å². The van der Waals surface area contributed by atoms with Crippen molar-refractivity contribution < 1.29 is 33.6 Å². The molecule has 0 spiro atoms. The summed E-state index contributed by atoms with van der Waals surface area (Å²) in [5, 5.41) is 16.1. The van der Waals surface area contributed by atoms with Gasteiger partial charge in [0.2, 0.25) is 0 Å². The summed E-state index contributed by atoms with van der Waals surface area (Å²) in [6.07, 6.45) is 1.18. The van der Waals surface area contributed by atoms with Crippen molar-refractivity contribution in [1.82, 2.24) is 5.32 Å². The molecular formula is C26H17Cl3N4O8. The molecule has 15 heteroatoms. The van der Waals surface area contributed by atoms with Crippen LogP contribution in [0.4, 0.5) is 21.9 Å². The molecule has 5 amide bonds. The quantitative estimate of drug-likeness (QED) is 0.150. The Hall–Kier alpha value is -4.65. The maximum Gasteiger partial charge on any atom is 0.335 e. The molecule has 0 aromatic heterocycles. The van der Waals surface area contributed by atoms with E-state index in [1.54, 1.807) is 6.07 Å². The molecule has 0 aliphatic carbocycles. The highest BCUT2D eigenvalue weighted by molar-refractivity contribution is 6.42. The number of nitrogens with one attached hydrogen (secondary N) is 2. The van der Waals surface area contributed by atoms with E-state index in [0.717, 1.165) is 12.1 Å². The third-order valence-electron chi connectivity index (χ3n) is 5.53. The highest BCUT2D eigenvalue weighted by atomic mass is 35.5. The summed E-state index contributed by atoms with van der Waals surface area (Å²) in [6.45, 7) is -0.454. The number of amides is 5. The van der Waals surface area contributed by atoms with Crippen molar-refractivity contribution >= 4 is 81.7 Å². The van der Waals surface area contributed by atoms with Gasteiger partial charge in [0.1, 0.15) is 5.57 Å². The number of halogens is 3. The van der Waals surface area contributed by atoms with Crippen molar-refractivity contribution in [1.29, 1.82) is 0 Å². The Balaban J connectivity index is 1.55. The van der Waals surface area contributed by atoms with Gasteiger partial charge in [0.15, 0.2) is 18.1 Å². The first-order valence-electron chi connectivity index (χ1n) is 11.4. The lowest BCUT2D eigenvalue weighted by atomic mass is 10.1. The first kappa shape index (κ1) is 29.3. The molecule has 0 radical (unpaired) electrons. The molecule has 0 unspecified atom stereocenters. The Kier molecular flexibility index (Phi) is 8.77. The van der Waals surface area contributed by atoms with Crippen molar-refractivity contribution in [3.05, 3.63) is 90.9 Å². The third-order valence-corrected chi connectivity index (χ3v) is 6.55. The number of urea groups is 1. The number of hydrogen-bond donors (Lipinski definition) is 2. The van der Waals surface area contributed by atoms with Crippen LogP contribution in [0.3, 0.4) is 0 Å². The molecule has 0 atom stereocenters. The summed E-state index contributed by atoms with van der Waals surface area (Å²) in [6, 6.07) is 10.9. The van der Waals surface area contributed by atoms with E-state index in [2.05, 4.69) is 10.6 Å². The lowest BCUT2D eigenvalue weighted by molar-refractivity contribution is -0.384. The van der Waals surface area contributed by atoms with Crippen molar-refractivity contribution in [2.45, 2.75) is 0 Å². The highest BCUT2D eigenvalue weighted by Gasteiger charge is 2.37. The van der Waals surface area contributed by atoms with Crippen LogP contribution in [0.5, 0.6) is 11.5 Å². The monoisotopic (exact) mass is 618 g/mol. The van der Waals surface area contributed by atoms with E-state index in [9.17, 15) is 29.3 Å². The summed E-state index contributed by atoms with van der Waals surface area (Å²) < 4.78 is 10.9. The summed E-state index contributed by atoms with van der Waals surface area (Å²) in [5.41, 5.74) is -0.0345. The Morgan fingerprint density at radius 1 is 1.02 bits per heavy atom. The van der Waals surface area contributed by atoms with Gasteiger partial charge in [-0.15, -0.1) is 0 Å². The van der Waals surface area contributed by atoms with Crippen molar-refractivity contribution in [2.75, 3.05) is 23.9 Å². The topological polar surface area (TPSA) is 157 Å². The number of benzene rings is 3. The van der Waals surface area contributed by atoms with E-state index < -0.39 is 40.9 Å². The van der Waals surface area contributed by atoms with Gasteiger partial charge in [-0.25, -0.2) is 9.69 Å². The minimum Gasteiger partial charge on any atom is -0.493 e. The van der Waals surface area contributed by atoms with Crippen LogP contribution < -0.4 is 25.0 Å². The largest absolute Gasteiger partial charge is 0.493 e. The molecular weight excluding hydrogens is 603 g/mol. The van der Waals surface area contributed by atoms with E-state index in [-0.39, 0.29) is 38.5 Å². The number of hydrogen-bond acceptors (Lipinski definition) is 8. The maximum atomic E-state index is 13.1. The number of ether oxygens (including phenoxy) is 2. The van der Waals surface area contributed by atoms with Gasteiger partial charge in [-0.3, -0.25) is 29.8 Å². The number of non-ortho nitro benzene ring substituents is 1. The van der Waals surface area contributed by atoms with Gasteiger partial charge in [-0.2, -0.15) is 0 Å². The van der Waals surface area contributed by atoms with Gasteiger partial charge in [-0.1, -0.05) is 34.8 Å². The van der Waals surface area contributed by atoms with Crippen molar-refractivity contribution in [3.8, 4) is 11.5 Å². The zero-order valence-electron chi connectivity index (χ0n) is 20.8. The number of nitro benzene ring substituents is 1. The fourth-order valence-electron chi connectivity index (χ4n) is 3.65. The molecule has 4 rings (SSSR count). The molecule has 1 aliphatic heterocycles. The number of carbonyl (C=O) groups is 4. The van der Waals surface area contributed by atoms with Crippen LogP contribution in [-0.2, 0) is 14.4 Å². The number of nitro groups is 1. The summed E-state index contributed by atoms with van der Waals surface area (Å²) >= 11 is 18.2. The summed E-state index contributed by atoms with van der Waals surface area (Å²) in [5.74, 6) is -2.37. The van der Waals surface area contributed by atoms with Gasteiger partial charge < -0.3 is 14.8 Å². The second kappa shape index (κ2) is 12.3. The Labute approximate surface area is 246 Å². The van der Waals surface area contributed by atoms with E-state index in [0.29, 0.717) is 15.6 Å². The average molecular weight is 620 g/mol. The van der Waals surface area contributed by atoms with Gasteiger partial charge in [-0.05, 0) is 54.1 Å². The number of methoxy groups -OCH3 is 1. The van der Waals surface area contributed by atoms with Gasteiger partial charge in [0.05, 0.1) is 32.8 Å². The predicted molar refractivity (Wildman–Crippen MR) is 151 cm³/mol. The van der Waals surface area contributed by atoms with E-state index in [1.807, 2.05) is 0 Å². The maximum absolute atomic E-state index is 13.1. The zero-order valence-corrected chi connectivity index (χ0v) is 23.0. The molecule has 2 N–H and O–H groups in total. The molecule has 3 aromatic carbocycles. The second-order valence-electron chi connectivity index (χ2n) is 8.23. The van der Waals surface area contributed by atoms with Crippen LogP contribution in [-0.4, -0.2) is 42.4 Å². The number of imide groups is 2. The first-order chi connectivity index (χ1) is 19.5. The SMILES string of the molecule is COc1cc(/C=C2/C(=O)NC(=O)N(c3ccc([N+](=O)[O-])cc3)C2=O)cc(Cl)c1OCC(=O)Nc1ccc(Cl)c(Cl)c1. The Bertz CT molecular complexity index is 1630. The molecule has 3 aromatic rings. The Morgan fingerprint density at radius 2 is 1.73 bits per heavy atom. The normalized spacial score (nSPS) is 14.1. The average Bonchev–Trinajstić information content (AvgIpc) is 2.92. The van der Waals surface area contributed by atoms with Crippen molar-refractivity contribution in [3.63, 3.8) is 0 Å². The van der Waals surface area contributed by atoms with Gasteiger partial charge in [0.25, 0.3) is 23.4 Å². The summed E-state index contributed by atoms with van der Waals surface area (Å²) in [4.78, 5) is 61.4. The first-order valence-corrected chi connectivity index (χ1v) is 12.5. The molecule has 0 saturated carbocycles. The third kappa shape index (κ3) is 6.57. The lowest BCUT2D eigenvalue weighted by Crippen LogP contribution is -2.54. The van der Waals surface area contributed by atoms with Crippen LogP contribution in [0.1, 0.15) is 5.56 Å². The second-order valence-corrected chi connectivity index (χ2v) is 9.45. The number of anilines is 2. The molecule has 1 heterocycles. The minimum absolute atomic E-state index is 0.00879. The molecule has 1 saturated heterocycles. The fourth-order valence-corrected chi connectivity index (χ4v) is 4.23. The van der Waals surface area contributed by atoms with Crippen LogP contribution in [0.25, 0.3) is 6.08 Å². The molecule has 1 aliphatic rings. The molecule has 210 valence electrons. The molecule has 1 fully saturated rings. The van der Waals surface area contributed by atoms with Gasteiger partial charge in [0, 0.05) is 17.8 Å². The fraction of sp³-hybridized carbons (Fsp3) is 0.0769. The van der Waals surface area contributed by atoms with E-state index >= 15 is 0 Å². The smallest absolute Gasteiger partial charge is 0.335 e. The number of rotatable bonds is 8. The minimum atomic E-state index is -1.02. The standard InChI is InChI=1S/C26H17Cl3N4O8/c1-40-21-10-13(9-20(29)23(21)41-12-22(34)30-14-2-7-18(27)19(28)11-14)8-17-24(35)31-26(37)32(25(17)36)15-3-5-16(6-4-15)33(38)39/h2-11H,12H2,1H3,(H,30,34)(H,31,35,37)/b17-8-. The molecule has 12 nitrogen and oxygen atoms in total. The zero-order chi connectivity index (χ0) is 29.8. The predicted octanol–water partition coefficient (Wildman–Crippen LogP) is 5.25.